The van der Waals surface area contributed by atoms with Crippen LogP contribution in [0.5, 0.6) is 0 Å². The minimum atomic E-state index is -1.37. The third kappa shape index (κ3) is 6.30. The van der Waals surface area contributed by atoms with Gasteiger partial charge in [0.2, 0.25) is 0 Å². The van der Waals surface area contributed by atoms with Gasteiger partial charge in [-0.3, -0.25) is 19.8 Å². The second-order valence-electron chi connectivity index (χ2n) is 11.8. The second-order valence-corrected chi connectivity index (χ2v) is 13.1. The van der Waals surface area contributed by atoms with E-state index in [-0.39, 0.29) is 29.2 Å². The van der Waals surface area contributed by atoms with Crippen molar-refractivity contribution in [2.24, 2.45) is 4.99 Å². The number of anilines is 1. The van der Waals surface area contributed by atoms with Gasteiger partial charge in [0, 0.05) is 78.0 Å². The molecule has 0 aliphatic carbocycles. The van der Waals surface area contributed by atoms with Crippen LogP contribution >= 0.6 is 22.9 Å². The van der Waals surface area contributed by atoms with Gasteiger partial charge in [0.1, 0.15) is 17.7 Å². The summed E-state index contributed by atoms with van der Waals surface area (Å²) in [5.74, 6) is -2.96. The van der Waals surface area contributed by atoms with Gasteiger partial charge in [-0.05, 0) is 36.4 Å². The Morgan fingerprint density at radius 2 is 1.92 bits per heavy atom. The first-order chi connectivity index (χ1) is 24.1. The van der Waals surface area contributed by atoms with E-state index in [2.05, 4.69) is 20.2 Å². The highest BCUT2D eigenvalue weighted by atomic mass is 35.5. The molecule has 5 heterocycles. The average molecular weight is 720 g/mol. The van der Waals surface area contributed by atoms with Gasteiger partial charge in [-0.1, -0.05) is 23.7 Å². The molecule has 2 atom stereocenters. The molecule has 0 saturated carbocycles. The molecule has 3 aliphatic heterocycles. The second kappa shape index (κ2) is 13.6. The van der Waals surface area contributed by atoms with Crippen LogP contribution in [0.2, 0.25) is 5.02 Å². The first-order valence-electron chi connectivity index (χ1n) is 15.4. The molecule has 7 rings (SSSR count). The number of urea groups is 1. The number of rotatable bonds is 8. The maximum Gasteiger partial charge on any atom is 0.338 e. The van der Waals surface area contributed by atoms with Crippen LogP contribution in [-0.4, -0.2) is 94.6 Å². The van der Waals surface area contributed by atoms with Crippen molar-refractivity contribution in [1.29, 1.82) is 0 Å². The summed E-state index contributed by atoms with van der Waals surface area (Å²) in [6.45, 7) is 2.04. The zero-order valence-corrected chi connectivity index (χ0v) is 27.9. The van der Waals surface area contributed by atoms with Gasteiger partial charge in [-0.25, -0.2) is 28.1 Å². The number of hydrogen-bond donors (Lipinski definition) is 2. The largest absolute Gasteiger partial charge is 0.478 e. The first kappa shape index (κ1) is 33.3. The molecule has 2 N–H and O–H groups in total. The predicted molar refractivity (Wildman–Crippen MR) is 181 cm³/mol. The number of esters is 1. The first-order valence-corrected chi connectivity index (χ1v) is 16.7. The topological polar surface area (TPSA) is 141 Å². The Labute approximate surface area is 293 Å². The number of carbonyl (C=O) groups is 3. The molecule has 2 fully saturated rings. The Balaban J connectivity index is 1.14. The number of amidine groups is 1. The predicted octanol–water partition coefficient (Wildman–Crippen LogP) is 4.98. The number of aromatic carboxylic acids is 1. The number of pyridine rings is 1. The van der Waals surface area contributed by atoms with Gasteiger partial charge in [-0.15, -0.1) is 11.3 Å². The summed E-state index contributed by atoms with van der Waals surface area (Å²) in [5.41, 5.74) is 2.07. The summed E-state index contributed by atoms with van der Waals surface area (Å²) in [6.07, 6.45) is 3.16. The Morgan fingerprint density at radius 1 is 1.08 bits per heavy atom. The van der Waals surface area contributed by atoms with Gasteiger partial charge in [0.05, 0.1) is 30.0 Å². The molecule has 256 valence electrons. The van der Waals surface area contributed by atoms with Crippen molar-refractivity contribution in [3.8, 4) is 11.3 Å². The van der Waals surface area contributed by atoms with Gasteiger partial charge in [0.25, 0.3) is 0 Å². The smallest absolute Gasteiger partial charge is 0.338 e. The number of halogens is 3. The number of nitrogens with zero attached hydrogens (tertiary/aromatic N) is 6. The molecule has 4 aromatic rings. The van der Waals surface area contributed by atoms with Crippen LogP contribution in [0.4, 0.5) is 19.3 Å². The molecule has 0 spiro atoms. The number of ether oxygens (including phenoxy) is 1. The Hall–Kier alpha value is -5.25. The van der Waals surface area contributed by atoms with E-state index in [1.807, 2.05) is 0 Å². The van der Waals surface area contributed by atoms with E-state index in [1.165, 1.54) is 55.0 Å². The van der Waals surface area contributed by atoms with Crippen LogP contribution in [-0.2, 0) is 9.53 Å². The summed E-state index contributed by atoms with van der Waals surface area (Å²) in [5, 5.41) is 15.0. The van der Waals surface area contributed by atoms with E-state index in [0.717, 1.165) is 6.07 Å². The lowest BCUT2D eigenvalue weighted by Crippen LogP contribution is -2.53. The highest BCUT2D eigenvalue weighted by Crippen LogP contribution is 2.37. The van der Waals surface area contributed by atoms with Gasteiger partial charge >= 0.3 is 18.0 Å². The SMILES string of the molecule is COC(=O)C1=C(CN2CCN3C(=O)N(c4ccnc(-c5ccc(C(=O)O)c(F)c5)c4)C[C@@H]3C2)NC(c2nccs2)=N[C@H]1c1ccc(F)cc1Cl. The molecule has 50 heavy (non-hydrogen) atoms. The molecule has 12 nitrogen and oxygen atoms in total. The normalized spacial score (nSPS) is 19.3. The number of aliphatic imine (C=N–C) groups is 1. The maximum atomic E-state index is 14.4. The zero-order chi connectivity index (χ0) is 35.1. The van der Waals surface area contributed by atoms with Crippen LogP contribution in [0.1, 0.15) is 27.0 Å². The minimum absolute atomic E-state index is 0.111. The molecule has 3 aliphatic rings. The number of thiazole rings is 1. The number of carboxylic acid groups (broad SMARTS) is 1. The van der Waals surface area contributed by atoms with Crippen molar-refractivity contribution >= 4 is 52.4 Å². The molecule has 2 amide bonds. The molecule has 0 unspecified atom stereocenters. The summed E-state index contributed by atoms with van der Waals surface area (Å²) in [4.78, 5) is 57.3. The third-order valence-electron chi connectivity index (χ3n) is 8.79. The minimum Gasteiger partial charge on any atom is -0.478 e. The Bertz CT molecular complexity index is 2080. The van der Waals surface area contributed by atoms with Gasteiger partial charge < -0.3 is 20.1 Å². The van der Waals surface area contributed by atoms with Crippen molar-refractivity contribution in [1.82, 2.24) is 25.1 Å². The van der Waals surface area contributed by atoms with Gasteiger partial charge in [0.15, 0.2) is 10.8 Å². The van der Waals surface area contributed by atoms with Crippen molar-refractivity contribution in [3.05, 3.63) is 110 Å². The lowest BCUT2D eigenvalue weighted by molar-refractivity contribution is -0.136. The standard InChI is InChI=1S/C34H28ClF2N7O5S/c1-49-33(47)28-27(40-30(31-39-8-11-50-31)41-29(28)22-5-3-19(36)13-24(22)35)17-42-9-10-43-21(15-42)16-44(34(43)48)20-6-7-38-26(14-20)18-2-4-23(32(45)46)25(37)12-18/h2-8,11-14,21,29H,9-10,15-17H2,1H3,(H,40,41)(H,45,46)/t21-,29-/m0/s1. The maximum absolute atomic E-state index is 14.4. The number of benzene rings is 2. The lowest BCUT2D eigenvalue weighted by atomic mass is 9.95. The summed E-state index contributed by atoms with van der Waals surface area (Å²) in [6, 6.07) is 9.79. The van der Waals surface area contributed by atoms with E-state index < -0.39 is 35.2 Å². The van der Waals surface area contributed by atoms with Gasteiger partial charge in [-0.2, -0.15) is 0 Å². The van der Waals surface area contributed by atoms with E-state index in [1.54, 1.807) is 33.5 Å². The zero-order valence-electron chi connectivity index (χ0n) is 26.3. The number of amides is 2. The Kier molecular flexibility index (Phi) is 9.03. The molecular formula is C34H28ClF2N7O5S. The average Bonchev–Trinajstić information content (AvgIpc) is 3.76. The number of piperazine rings is 1. The molecule has 0 radical (unpaired) electrons. The van der Waals surface area contributed by atoms with Crippen molar-refractivity contribution in [2.45, 2.75) is 12.1 Å². The molecule has 2 aromatic heterocycles. The fourth-order valence-electron chi connectivity index (χ4n) is 6.42. The fourth-order valence-corrected chi connectivity index (χ4v) is 7.27. The van der Waals surface area contributed by atoms with Crippen LogP contribution in [0.25, 0.3) is 11.3 Å². The highest BCUT2D eigenvalue weighted by molar-refractivity contribution is 7.11. The van der Waals surface area contributed by atoms with Crippen molar-refractivity contribution in [3.63, 3.8) is 0 Å². The number of fused-ring (bicyclic) bond motifs is 1. The number of carbonyl (C=O) groups excluding carboxylic acids is 2. The number of hydrogen-bond acceptors (Lipinski definition) is 10. The number of aromatic nitrogens is 2. The van der Waals surface area contributed by atoms with E-state index in [9.17, 15) is 28.3 Å². The van der Waals surface area contributed by atoms with Crippen LogP contribution in [0.15, 0.2) is 82.6 Å². The number of nitrogens with one attached hydrogen (secondary N) is 1. The van der Waals surface area contributed by atoms with Crippen LogP contribution in [0, 0.1) is 11.6 Å². The van der Waals surface area contributed by atoms with Crippen molar-refractivity contribution < 1.29 is 33.0 Å². The quantitative estimate of drug-likeness (QED) is 0.241. The molecule has 0 bridgehead atoms. The summed E-state index contributed by atoms with van der Waals surface area (Å²) in [7, 11) is 1.28. The molecule has 2 saturated heterocycles. The van der Waals surface area contributed by atoms with Crippen molar-refractivity contribution in [2.75, 3.05) is 44.7 Å². The molecule has 2 aromatic carbocycles. The monoisotopic (exact) mass is 719 g/mol. The van der Waals surface area contributed by atoms with E-state index in [4.69, 9.17) is 21.3 Å². The van der Waals surface area contributed by atoms with Crippen LogP contribution < -0.4 is 10.2 Å². The molecule has 16 heteroatoms. The van der Waals surface area contributed by atoms with E-state index in [0.29, 0.717) is 65.2 Å². The van der Waals surface area contributed by atoms with Crippen LogP contribution in [0.3, 0.4) is 0 Å². The summed E-state index contributed by atoms with van der Waals surface area (Å²) >= 11 is 7.85. The lowest BCUT2D eigenvalue weighted by Gasteiger charge is -2.38. The number of carboxylic acids is 1. The fraction of sp³-hybridized carbons (Fsp3) is 0.235. The summed E-state index contributed by atoms with van der Waals surface area (Å²) < 4.78 is 33.7. The third-order valence-corrected chi connectivity index (χ3v) is 9.90. The Morgan fingerprint density at radius 3 is 2.64 bits per heavy atom. The van der Waals surface area contributed by atoms with E-state index >= 15 is 0 Å². The number of methoxy groups -OCH3 is 1. The molecular weight excluding hydrogens is 692 g/mol. The highest BCUT2D eigenvalue weighted by Gasteiger charge is 2.42.